The summed E-state index contributed by atoms with van der Waals surface area (Å²) in [5.41, 5.74) is 0.439. The van der Waals surface area contributed by atoms with Crippen molar-refractivity contribution in [1.82, 2.24) is 0 Å². The number of unbranched alkanes of at least 4 members (excludes halogenated alkanes) is 11. The molecule has 0 amide bonds. The zero-order valence-corrected chi connectivity index (χ0v) is 19.7. The van der Waals surface area contributed by atoms with Gasteiger partial charge in [-0.05, 0) is 51.2 Å². The highest BCUT2D eigenvalue weighted by Gasteiger charge is 2.19. The van der Waals surface area contributed by atoms with E-state index in [-0.39, 0.29) is 17.1 Å². The van der Waals surface area contributed by atoms with Crippen molar-refractivity contribution in [3.63, 3.8) is 0 Å². The molecular formula is C27H42O4. The van der Waals surface area contributed by atoms with E-state index in [4.69, 9.17) is 4.74 Å². The molecule has 4 heteroatoms. The minimum absolute atomic E-state index is 0.0378. The van der Waals surface area contributed by atoms with Crippen LogP contribution in [-0.4, -0.2) is 23.5 Å². The quantitative estimate of drug-likeness (QED) is 0.137. The van der Waals surface area contributed by atoms with Crippen molar-refractivity contribution >= 4 is 11.8 Å². The molecule has 0 aliphatic heterocycles. The summed E-state index contributed by atoms with van der Waals surface area (Å²) in [6.45, 7) is 4.37. The fraction of sp³-hybridized carbons (Fsp3) is 0.630. The lowest BCUT2D eigenvalue weighted by molar-refractivity contribution is 0.0692. The van der Waals surface area contributed by atoms with Crippen LogP contribution in [0.25, 0.3) is 0 Å². The minimum Gasteiger partial charge on any atom is -0.492 e. The van der Waals surface area contributed by atoms with Gasteiger partial charge in [-0.1, -0.05) is 76.5 Å². The van der Waals surface area contributed by atoms with E-state index in [2.05, 4.69) is 19.1 Å². The molecule has 0 aromatic heterocycles. The zero-order valence-electron chi connectivity index (χ0n) is 19.7. The number of allylic oxidation sites excluding steroid dienone is 2. The first-order valence-corrected chi connectivity index (χ1v) is 12.3. The highest BCUT2D eigenvalue weighted by Crippen LogP contribution is 2.26. The maximum absolute atomic E-state index is 12.6. The first kappa shape index (κ1) is 26.9. The lowest BCUT2D eigenvalue weighted by atomic mass is 10.00. The number of benzene rings is 1. The molecular weight excluding hydrogens is 388 g/mol. The number of para-hydroxylation sites is 1. The molecule has 1 N–H and O–H groups in total. The van der Waals surface area contributed by atoms with Crippen LogP contribution in [0.4, 0.5) is 0 Å². The number of Topliss-reactive ketones (excluding diaryl/α,β-unsaturated/α-hetero) is 1. The summed E-state index contributed by atoms with van der Waals surface area (Å²) >= 11 is 0. The number of hydrogen-bond acceptors (Lipinski definition) is 3. The topological polar surface area (TPSA) is 63.6 Å². The SMILES string of the molecule is CCCCCCCCC=CCCCCCCCC(=O)c1cccc(C(=O)O)c1OCC. The van der Waals surface area contributed by atoms with Crippen molar-refractivity contribution in [2.45, 2.75) is 104 Å². The summed E-state index contributed by atoms with van der Waals surface area (Å²) in [4.78, 5) is 23.9. The van der Waals surface area contributed by atoms with Gasteiger partial charge in [0.1, 0.15) is 11.3 Å². The number of ether oxygens (including phenoxy) is 1. The van der Waals surface area contributed by atoms with E-state index in [1.807, 2.05) is 0 Å². The molecule has 1 aromatic rings. The first-order chi connectivity index (χ1) is 15.1. The third-order valence-corrected chi connectivity index (χ3v) is 5.50. The van der Waals surface area contributed by atoms with Crippen LogP contribution in [0, 0.1) is 0 Å². The maximum atomic E-state index is 12.6. The van der Waals surface area contributed by atoms with Crippen LogP contribution in [0.2, 0.25) is 0 Å². The van der Waals surface area contributed by atoms with E-state index < -0.39 is 5.97 Å². The molecule has 4 nitrogen and oxygen atoms in total. The van der Waals surface area contributed by atoms with Gasteiger partial charge in [-0.2, -0.15) is 0 Å². The van der Waals surface area contributed by atoms with Gasteiger partial charge in [0.05, 0.1) is 12.2 Å². The summed E-state index contributed by atoms with van der Waals surface area (Å²) in [6, 6.07) is 4.75. The fourth-order valence-corrected chi connectivity index (χ4v) is 3.72. The molecule has 31 heavy (non-hydrogen) atoms. The summed E-state index contributed by atoms with van der Waals surface area (Å²) in [7, 11) is 0. The standard InChI is InChI=1S/C27H42O4/c1-3-5-6-7-8-9-10-11-12-13-14-15-16-17-18-22-25(28)23-20-19-21-24(27(29)30)26(23)31-4-2/h11-12,19-21H,3-10,13-18,22H2,1-2H3,(H,29,30). The number of carboxylic acid groups (broad SMARTS) is 1. The van der Waals surface area contributed by atoms with E-state index in [1.165, 1.54) is 63.9 Å². The van der Waals surface area contributed by atoms with E-state index >= 15 is 0 Å². The third kappa shape index (κ3) is 11.8. The molecule has 0 aliphatic carbocycles. The van der Waals surface area contributed by atoms with Gasteiger partial charge in [-0.3, -0.25) is 4.79 Å². The first-order valence-electron chi connectivity index (χ1n) is 12.3. The molecule has 0 aliphatic rings. The van der Waals surface area contributed by atoms with Crippen molar-refractivity contribution < 1.29 is 19.4 Å². The minimum atomic E-state index is -1.07. The molecule has 0 saturated heterocycles. The molecule has 0 unspecified atom stereocenters. The Morgan fingerprint density at radius 1 is 0.806 bits per heavy atom. The summed E-state index contributed by atoms with van der Waals surface area (Å²) in [6.07, 6.45) is 20.9. The van der Waals surface area contributed by atoms with E-state index in [1.54, 1.807) is 19.1 Å². The molecule has 1 aromatic carbocycles. The molecule has 0 radical (unpaired) electrons. The number of carbonyl (C=O) groups excluding carboxylic acids is 1. The number of aromatic carboxylic acids is 1. The van der Waals surface area contributed by atoms with Crippen molar-refractivity contribution in [1.29, 1.82) is 0 Å². The number of hydrogen-bond donors (Lipinski definition) is 1. The second kappa shape index (κ2) is 17.6. The average Bonchev–Trinajstić information content (AvgIpc) is 2.76. The lowest BCUT2D eigenvalue weighted by Crippen LogP contribution is -2.09. The fourth-order valence-electron chi connectivity index (χ4n) is 3.72. The molecule has 0 spiro atoms. The van der Waals surface area contributed by atoms with Crippen LogP contribution < -0.4 is 4.74 Å². The Morgan fingerprint density at radius 3 is 1.94 bits per heavy atom. The Labute approximate surface area is 189 Å². The van der Waals surface area contributed by atoms with Crippen LogP contribution in [0.15, 0.2) is 30.4 Å². The highest BCUT2D eigenvalue weighted by molar-refractivity contribution is 6.03. The number of carbonyl (C=O) groups is 2. The van der Waals surface area contributed by atoms with Crippen LogP contribution in [-0.2, 0) is 0 Å². The van der Waals surface area contributed by atoms with Crippen molar-refractivity contribution in [3.8, 4) is 5.75 Å². The van der Waals surface area contributed by atoms with Crippen LogP contribution >= 0.6 is 0 Å². The molecule has 0 heterocycles. The zero-order chi connectivity index (χ0) is 22.7. The highest BCUT2D eigenvalue weighted by atomic mass is 16.5. The smallest absolute Gasteiger partial charge is 0.339 e. The van der Waals surface area contributed by atoms with Gasteiger partial charge in [-0.25, -0.2) is 4.79 Å². The monoisotopic (exact) mass is 430 g/mol. The van der Waals surface area contributed by atoms with Crippen molar-refractivity contribution in [2.75, 3.05) is 6.61 Å². The van der Waals surface area contributed by atoms with Gasteiger partial charge < -0.3 is 9.84 Å². The van der Waals surface area contributed by atoms with Crippen LogP contribution in [0.5, 0.6) is 5.75 Å². The van der Waals surface area contributed by atoms with E-state index in [0.717, 1.165) is 25.7 Å². The van der Waals surface area contributed by atoms with Crippen molar-refractivity contribution in [2.24, 2.45) is 0 Å². The maximum Gasteiger partial charge on any atom is 0.339 e. The molecule has 1 rings (SSSR count). The van der Waals surface area contributed by atoms with E-state index in [0.29, 0.717) is 18.6 Å². The van der Waals surface area contributed by atoms with Crippen molar-refractivity contribution in [3.05, 3.63) is 41.5 Å². The Morgan fingerprint density at radius 2 is 1.35 bits per heavy atom. The van der Waals surface area contributed by atoms with Gasteiger partial charge >= 0.3 is 5.97 Å². The lowest BCUT2D eigenvalue weighted by Gasteiger charge is -2.12. The Hall–Kier alpha value is -2.10. The second-order valence-electron chi connectivity index (χ2n) is 8.18. The summed E-state index contributed by atoms with van der Waals surface area (Å²) in [5, 5.41) is 9.32. The van der Waals surface area contributed by atoms with Gasteiger partial charge in [0.15, 0.2) is 5.78 Å². The molecule has 0 fully saturated rings. The Balaban J connectivity index is 2.16. The molecule has 174 valence electrons. The second-order valence-corrected chi connectivity index (χ2v) is 8.18. The largest absolute Gasteiger partial charge is 0.492 e. The normalized spacial score (nSPS) is 11.2. The molecule has 0 saturated carbocycles. The Bertz CT molecular complexity index is 663. The molecule has 0 atom stereocenters. The average molecular weight is 431 g/mol. The predicted molar refractivity (Wildman–Crippen MR) is 128 cm³/mol. The number of carboxylic acids is 1. The summed E-state index contributed by atoms with van der Waals surface area (Å²) < 4.78 is 5.47. The van der Waals surface area contributed by atoms with Crippen LogP contribution in [0.1, 0.15) is 124 Å². The Kier molecular flexibility index (Phi) is 15.3. The summed E-state index contributed by atoms with van der Waals surface area (Å²) in [5.74, 6) is -0.904. The number of rotatable bonds is 19. The van der Waals surface area contributed by atoms with Gasteiger partial charge in [-0.15, -0.1) is 0 Å². The number of ketones is 1. The molecule has 0 bridgehead atoms. The third-order valence-electron chi connectivity index (χ3n) is 5.50. The van der Waals surface area contributed by atoms with Gasteiger partial charge in [0.25, 0.3) is 0 Å². The van der Waals surface area contributed by atoms with E-state index in [9.17, 15) is 14.7 Å². The predicted octanol–water partition coefficient (Wildman–Crippen LogP) is 8.00. The van der Waals surface area contributed by atoms with Gasteiger partial charge in [0.2, 0.25) is 0 Å². The van der Waals surface area contributed by atoms with Gasteiger partial charge in [0, 0.05) is 6.42 Å². The van der Waals surface area contributed by atoms with Crippen LogP contribution in [0.3, 0.4) is 0 Å².